The number of amides is 1. The van der Waals surface area contributed by atoms with Gasteiger partial charge in [-0.3, -0.25) is 10.1 Å². The molecule has 1 heterocycles. The number of nitrogens with one attached hydrogen (secondary N) is 1. The zero-order valence-electron chi connectivity index (χ0n) is 9.42. The van der Waals surface area contributed by atoms with E-state index in [-0.39, 0.29) is 5.95 Å². The summed E-state index contributed by atoms with van der Waals surface area (Å²) in [6.45, 7) is 0. The number of carbonyl (C=O) groups is 1. The Bertz CT molecular complexity index is 648. The van der Waals surface area contributed by atoms with Crippen molar-refractivity contribution in [3.05, 3.63) is 53.1 Å². The number of nitrogens with zero attached hydrogens (tertiary/aromatic N) is 2. The molecule has 1 aromatic carbocycles. The van der Waals surface area contributed by atoms with Crippen molar-refractivity contribution in [2.24, 2.45) is 0 Å². The van der Waals surface area contributed by atoms with Gasteiger partial charge in [0.15, 0.2) is 23.3 Å². The molecule has 0 aliphatic heterocycles. The van der Waals surface area contributed by atoms with Crippen molar-refractivity contribution in [2.45, 2.75) is 0 Å². The molecule has 0 bridgehead atoms. The number of hydrogen-bond acceptors (Lipinski definition) is 3. The SMILES string of the molecule is O=C(Nc1ncccn1)c1c(F)c(F)c(F)c(F)c1F. The fourth-order valence-electron chi connectivity index (χ4n) is 1.33. The molecule has 2 rings (SSSR count). The van der Waals surface area contributed by atoms with Crippen molar-refractivity contribution < 1.29 is 26.7 Å². The fraction of sp³-hybridized carbons (Fsp3) is 0. The second-order valence-corrected chi connectivity index (χ2v) is 3.47. The number of benzene rings is 1. The molecule has 1 aromatic heterocycles. The van der Waals surface area contributed by atoms with Crippen LogP contribution in [0.25, 0.3) is 0 Å². The second-order valence-electron chi connectivity index (χ2n) is 3.47. The Hall–Kier alpha value is -2.58. The van der Waals surface area contributed by atoms with Crippen molar-refractivity contribution >= 4 is 11.9 Å². The van der Waals surface area contributed by atoms with E-state index in [0.29, 0.717) is 0 Å². The van der Waals surface area contributed by atoms with Crippen LogP contribution in [0.5, 0.6) is 0 Å². The summed E-state index contributed by atoms with van der Waals surface area (Å²) in [5.41, 5.74) is -1.60. The normalized spacial score (nSPS) is 10.4. The maximum atomic E-state index is 13.3. The van der Waals surface area contributed by atoms with Gasteiger partial charge in [0.2, 0.25) is 11.8 Å². The van der Waals surface area contributed by atoms with E-state index >= 15 is 0 Å². The highest BCUT2D eigenvalue weighted by molar-refractivity contribution is 6.03. The molecule has 0 spiro atoms. The van der Waals surface area contributed by atoms with Crippen LogP contribution in [0.4, 0.5) is 27.9 Å². The van der Waals surface area contributed by atoms with Crippen LogP contribution in [-0.2, 0) is 0 Å². The Balaban J connectivity index is 2.45. The molecule has 0 atom stereocenters. The second kappa shape index (κ2) is 5.19. The molecule has 0 unspecified atom stereocenters. The van der Waals surface area contributed by atoms with E-state index in [1.165, 1.54) is 18.5 Å². The molecule has 0 radical (unpaired) electrons. The first kappa shape index (κ1) is 13.8. The molecule has 2 aromatic rings. The summed E-state index contributed by atoms with van der Waals surface area (Å²) in [4.78, 5) is 18.6. The Morgan fingerprint density at radius 3 is 1.80 bits per heavy atom. The predicted octanol–water partition coefficient (Wildman–Crippen LogP) is 2.42. The molecular weight excluding hydrogens is 285 g/mol. The zero-order chi connectivity index (χ0) is 14.9. The van der Waals surface area contributed by atoms with E-state index in [1.807, 2.05) is 5.32 Å². The van der Waals surface area contributed by atoms with E-state index in [2.05, 4.69) is 9.97 Å². The van der Waals surface area contributed by atoms with Crippen LogP contribution in [0.2, 0.25) is 0 Å². The number of halogens is 5. The van der Waals surface area contributed by atoms with Crippen molar-refractivity contribution in [1.29, 1.82) is 0 Å². The van der Waals surface area contributed by atoms with Crippen molar-refractivity contribution in [1.82, 2.24) is 9.97 Å². The minimum atomic E-state index is -2.34. The molecule has 0 saturated heterocycles. The molecule has 20 heavy (non-hydrogen) atoms. The standard InChI is InChI=1S/C11H4F5N3O/c12-5-4(6(13)8(15)9(16)7(5)14)10(20)19-11-17-2-1-3-18-11/h1-3H,(H,17,18,19,20). The minimum absolute atomic E-state index is 0.346. The van der Waals surface area contributed by atoms with Gasteiger partial charge in [-0.05, 0) is 6.07 Å². The van der Waals surface area contributed by atoms with E-state index in [4.69, 9.17) is 0 Å². The summed E-state index contributed by atoms with van der Waals surface area (Å²) in [6, 6.07) is 1.40. The van der Waals surface area contributed by atoms with E-state index in [9.17, 15) is 26.7 Å². The topological polar surface area (TPSA) is 54.9 Å². The number of anilines is 1. The van der Waals surface area contributed by atoms with Gasteiger partial charge in [-0.1, -0.05) is 0 Å². The third-order valence-electron chi connectivity index (χ3n) is 2.23. The lowest BCUT2D eigenvalue weighted by Crippen LogP contribution is -2.20. The lowest BCUT2D eigenvalue weighted by Gasteiger charge is -2.07. The van der Waals surface area contributed by atoms with Gasteiger partial charge in [0.1, 0.15) is 5.56 Å². The van der Waals surface area contributed by atoms with Gasteiger partial charge in [-0.2, -0.15) is 0 Å². The Kier molecular flexibility index (Phi) is 3.59. The van der Waals surface area contributed by atoms with Gasteiger partial charge in [0, 0.05) is 12.4 Å². The van der Waals surface area contributed by atoms with Crippen molar-refractivity contribution in [2.75, 3.05) is 5.32 Å². The number of aromatic nitrogens is 2. The van der Waals surface area contributed by atoms with Crippen LogP contribution < -0.4 is 5.32 Å². The third kappa shape index (κ3) is 2.29. The summed E-state index contributed by atoms with van der Waals surface area (Å²) < 4.78 is 65.3. The number of rotatable bonds is 2. The van der Waals surface area contributed by atoms with Crippen LogP contribution >= 0.6 is 0 Å². The first-order chi connectivity index (χ1) is 9.43. The molecule has 4 nitrogen and oxygen atoms in total. The smallest absolute Gasteiger partial charge is 0.264 e. The highest BCUT2D eigenvalue weighted by Gasteiger charge is 2.29. The monoisotopic (exact) mass is 289 g/mol. The van der Waals surface area contributed by atoms with Gasteiger partial charge >= 0.3 is 0 Å². The van der Waals surface area contributed by atoms with Gasteiger partial charge in [-0.15, -0.1) is 0 Å². The van der Waals surface area contributed by atoms with Crippen molar-refractivity contribution in [3.8, 4) is 0 Å². The average Bonchev–Trinajstić information content (AvgIpc) is 2.44. The van der Waals surface area contributed by atoms with Gasteiger partial charge in [0.05, 0.1) is 0 Å². The molecule has 9 heteroatoms. The van der Waals surface area contributed by atoms with E-state index in [0.717, 1.165) is 0 Å². The molecule has 0 fully saturated rings. The summed E-state index contributed by atoms with van der Waals surface area (Å²) in [6.07, 6.45) is 2.42. The van der Waals surface area contributed by atoms with Gasteiger partial charge in [-0.25, -0.2) is 31.9 Å². The maximum Gasteiger partial charge on any atom is 0.264 e. The van der Waals surface area contributed by atoms with Gasteiger partial charge < -0.3 is 0 Å². The largest absolute Gasteiger partial charge is 0.290 e. The molecule has 1 N–H and O–H groups in total. The lowest BCUT2D eigenvalue weighted by atomic mass is 10.1. The highest BCUT2D eigenvalue weighted by Crippen LogP contribution is 2.23. The summed E-state index contributed by atoms with van der Waals surface area (Å²) in [7, 11) is 0. The Morgan fingerprint density at radius 2 is 1.30 bits per heavy atom. The maximum absolute atomic E-state index is 13.3. The quantitative estimate of drug-likeness (QED) is 0.525. The average molecular weight is 289 g/mol. The number of carbonyl (C=O) groups excluding carboxylic acids is 1. The summed E-state index contributed by atoms with van der Waals surface area (Å²) in [5, 5.41) is 1.82. The molecule has 0 aliphatic carbocycles. The van der Waals surface area contributed by atoms with E-state index in [1.54, 1.807) is 0 Å². The van der Waals surface area contributed by atoms with Crippen LogP contribution in [0.3, 0.4) is 0 Å². The third-order valence-corrected chi connectivity index (χ3v) is 2.23. The molecule has 0 saturated carbocycles. The molecule has 0 aliphatic rings. The van der Waals surface area contributed by atoms with Crippen LogP contribution in [0.1, 0.15) is 10.4 Å². The van der Waals surface area contributed by atoms with Crippen LogP contribution in [-0.4, -0.2) is 15.9 Å². The fourth-order valence-corrected chi connectivity index (χ4v) is 1.33. The first-order valence-corrected chi connectivity index (χ1v) is 5.03. The van der Waals surface area contributed by atoms with Gasteiger partial charge in [0.25, 0.3) is 5.91 Å². The summed E-state index contributed by atoms with van der Waals surface area (Å²) >= 11 is 0. The molecule has 104 valence electrons. The zero-order valence-corrected chi connectivity index (χ0v) is 9.42. The van der Waals surface area contributed by atoms with Crippen molar-refractivity contribution in [3.63, 3.8) is 0 Å². The molecular formula is C11H4F5N3O. The molecule has 1 amide bonds. The highest BCUT2D eigenvalue weighted by atomic mass is 19.2. The van der Waals surface area contributed by atoms with Crippen LogP contribution in [0.15, 0.2) is 18.5 Å². The number of hydrogen-bond donors (Lipinski definition) is 1. The Labute approximate surface area is 108 Å². The Morgan fingerprint density at radius 1 is 0.850 bits per heavy atom. The predicted molar refractivity (Wildman–Crippen MR) is 56.2 cm³/mol. The lowest BCUT2D eigenvalue weighted by molar-refractivity contribution is 0.101. The van der Waals surface area contributed by atoms with E-state index < -0.39 is 40.6 Å². The van der Waals surface area contributed by atoms with Crippen LogP contribution in [0, 0.1) is 29.1 Å². The summed E-state index contributed by atoms with van der Waals surface area (Å²) in [5.74, 6) is -13.1. The first-order valence-electron chi connectivity index (χ1n) is 5.03. The minimum Gasteiger partial charge on any atom is -0.290 e.